The summed E-state index contributed by atoms with van der Waals surface area (Å²) in [6.07, 6.45) is 0.464. The molecule has 0 fully saturated rings. The predicted molar refractivity (Wildman–Crippen MR) is 120 cm³/mol. The molecule has 0 radical (unpaired) electrons. The van der Waals surface area contributed by atoms with E-state index < -0.39 is 0 Å². The zero-order valence-electron chi connectivity index (χ0n) is 16.8. The molecule has 0 N–H and O–H groups in total. The SMILES string of the molecule is CCC(=O)c1ccc(OCC(=O)N2c3ccccc3SC[C@H]2c2ccccc2)cc1. The molecule has 1 aliphatic heterocycles. The number of thioether (sulfide) groups is 1. The second-order valence-electron chi connectivity index (χ2n) is 7.06. The molecule has 152 valence electrons. The average molecular weight is 418 g/mol. The van der Waals surface area contributed by atoms with Crippen molar-refractivity contribution in [1.82, 2.24) is 0 Å². The monoisotopic (exact) mass is 417 g/mol. The number of amides is 1. The van der Waals surface area contributed by atoms with Crippen molar-refractivity contribution in [3.8, 4) is 5.75 Å². The lowest BCUT2D eigenvalue weighted by Crippen LogP contribution is -2.41. The number of carbonyl (C=O) groups is 2. The number of nitrogens with zero attached hydrogens (tertiary/aromatic N) is 1. The van der Waals surface area contributed by atoms with Crippen molar-refractivity contribution in [2.45, 2.75) is 24.3 Å². The molecule has 5 heteroatoms. The van der Waals surface area contributed by atoms with Gasteiger partial charge in [0.1, 0.15) is 5.75 Å². The lowest BCUT2D eigenvalue weighted by molar-refractivity contribution is -0.121. The van der Waals surface area contributed by atoms with Gasteiger partial charge < -0.3 is 4.74 Å². The van der Waals surface area contributed by atoms with Crippen LogP contribution in [0.1, 0.15) is 35.3 Å². The highest BCUT2D eigenvalue weighted by atomic mass is 32.2. The summed E-state index contributed by atoms with van der Waals surface area (Å²) in [6.45, 7) is 1.77. The second kappa shape index (κ2) is 9.18. The molecule has 1 aliphatic rings. The van der Waals surface area contributed by atoms with E-state index in [-0.39, 0.29) is 24.3 Å². The van der Waals surface area contributed by atoms with Gasteiger partial charge in [-0.2, -0.15) is 0 Å². The number of hydrogen-bond donors (Lipinski definition) is 0. The highest BCUT2D eigenvalue weighted by molar-refractivity contribution is 7.99. The minimum absolute atomic E-state index is 0.0493. The molecule has 1 amide bonds. The first-order valence-corrected chi connectivity index (χ1v) is 11.0. The average Bonchev–Trinajstić information content (AvgIpc) is 2.82. The van der Waals surface area contributed by atoms with Crippen LogP contribution in [0, 0.1) is 0 Å². The van der Waals surface area contributed by atoms with Crippen LogP contribution in [0.15, 0.2) is 83.8 Å². The van der Waals surface area contributed by atoms with Gasteiger partial charge in [-0.1, -0.05) is 49.4 Å². The molecule has 0 unspecified atom stereocenters. The van der Waals surface area contributed by atoms with Gasteiger partial charge in [-0.15, -0.1) is 11.8 Å². The lowest BCUT2D eigenvalue weighted by atomic mass is 10.1. The minimum atomic E-state index is -0.0923. The molecule has 0 bridgehead atoms. The number of ketones is 1. The Kier molecular flexibility index (Phi) is 6.19. The smallest absolute Gasteiger partial charge is 0.265 e. The van der Waals surface area contributed by atoms with Gasteiger partial charge in [0.2, 0.25) is 0 Å². The molecular weight excluding hydrogens is 394 g/mol. The normalized spacial score (nSPS) is 15.4. The maximum atomic E-state index is 13.3. The Balaban J connectivity index is 1.54. The third-order valence-corrected chi connectivity index (χ3v) is 6.28. The standard InChI is InChI=1S/C25H23NO3S/c1-2-23(27)19-12-14-20(15-13-19)29-16-25(28)26-21-10-6-7-11-24(21)30-17-22(26)18-8-4-3-5-9-18/h3-15,22H,2,16-17H2,1H3/t22-/m0/s1. The summed E-state index contributed by atoms with van der Waals surface area (Å²) in [5.74, 6) is 1.36. The van der Waals surface area contributed by atoms with Crippen LogP contribution in [0.25, 0.3) is 0 Å². The third kappa shape index (κ3) is 4.26. The van der Waals surface area contributed by atoms with Crippen molar-refractivity contribution < 1.29 is 14.3 Å². The second-order valence-corrected chi connectivity index (χ2v) is 8.12. The quantitative estimate of drug-likeness (QED) is 0.494. The van der Waals surface area contributed by atoms with E-state index in [4.69, 9.17) is 4.74 Å². The van der Waals surface area contributed by atoms with Gasteiger partial charge >= 0.3 is 0 Å². The fraction of sp³-hybridized carbons (Fsp3) is 0.200. The molecule has 0 aliphatic carbocycles. The van der Waals surface area contributed by atoms with E-state index in [2.05, 4.69) is 12.1 Å². The van der Waals surface area contributed by atoms with Crippen molar-refractivity contribution in [3.63, 3.8) is 0 Å². The first-order chi connectivity index (χ1) is 14.7. The maximum Gasteiger partial charge on any atom is 0.265 e. The van der Waals surface area contributed by atoms with E-state index in [1.807, 2.05) is 54.3 Å². The Bertz CT molecular complexity index is 1030. The van der Waals surface area contributed by atoms with E-state index in [1.165, 1.54) is 0 Å². The summed E-state index contributed by atoms with van der Waals surface area (Å²) in [7, 11) is 0. The zero-order chi connectivity index (χ0) is 20.9. The molecule has 0 saturated carbocycles. The molecule has 4 nitrogen and oxygen atoms in total. The van der Waals surface area contributed by atoms with Crippen molar-refractivity contribution in [2.75, 3.05) is 17.3 Å². The van der Waals surface area contributed by atoms with Crippen molar-refractivity contribution >= 4 is 29.1 Å². The number of carbonyl (C=O) groups excluding carboxylic acids is 2. The molecule has 0 saturated heterocycles. The summed E-state index contributed by atoms with van der Waals surface area (Å²) < 4.78 is 5.78. The maximum absolute atomic E-state index is 13.3. The van der Waals surface area contributed by atoms with Crippen LogP contribution in [0.2, 0.25) is 0 Å². The first-order valence-electron chi connectivity index (χ1n) is 10.0. The number of rotatable bonds is 6. The summed E-state index contributed by atoms with van der Waals surface area (Å²) in [5.41, 5.74) is 2.68. The van der Waals surface area contributed by atoms with E-state index in [1.54, 1.807) is 36.0 Å². The van der Waals surface area contributed by atoms with Gasteiger partial charge in [0, 0.05) is 22.6 Å². The van der Waals surface area contributed by atoms with Crippen LogP contribution in [0.3, 0.4) is 0 Å². The van der Waals surface area contributed by atoms with Crippen molar-refractivity contribution in [1.29, 1.82) is 0 Å². The Morgan fingerprint density at radius 3 is 2.40 bits per heavy atom. The number of benzene rings is 3. The molecule has 3 aromatic rings. The Hall–Kier alpha value is -3.05. The predicted octanol–water partition coefficient (Wildman–Crippen LogP) is 5.54. The Labute approximate surface area is 180 Å². The van der Waals surface area contributed by atoms with Gasteiger partial charge in [0.25, 0.3) is 5.91 Å². The zero-order valence-corrected chi connectivity index (χ0v) is 17.6. The third-order valence-electron chi connectivity index (χ3n) is 5.15. The van der Waals surface area contributed by atoms with E-state index in [0.29, 0.717) is 17.7 Å². The highest BCUT2D eigenvalue weighted by Crippen LogP contribution is 2.43. The Morgan fingerprint density at radius 2 is 1.67 bits per heavy atom. The first kappa shape index (κ1) is 20.2. The lowest BCUT2D eigenvalue weighted by Gasteiger charge is -2.37. The van der Waals surface area contributed by atoms with E-state index in [0.717, 1.165) is 21.9 Å². The molecule has 0 spiro atoms. The molecule has 3 aromatic carbocycles. The minimum Gasteiger partial charge on any atom is -0.484 e. The molecule has 1 heterocycles. The van der Waals surface area contributed by atoms with Gasteiger partial charge in [0.15, 0.2) is 12.4 Å². The van der Waals surface area contributed by atoms with Crippen LogP contribution in [-0.2, 0) is 4.79 Å². The molecule has 4 rings (SSSR count). The van der Waals surface area contributed by atoms with Gasteiger partial charge in [0.05, 0.1) is 11.7 Å². The molecule has 0 aromatic heterocycles. The fourth-order valence-electron chi connectivity index (χ4n) is 3.57. The van der Waals surface area contributed by atoms with Crippen molar-refractivity contribution in [3.05, 3.63) is 90.0 Å². The van der Waals surface area contributed by atoms with Crippen molar-refractivity contribution in [2.24, 2.45) is 0 Å². The number of para-hydroxylation sites is 1. The number of hydrogen-bond acceptors (Lipinski definition) is 4. The van der Waals surface area contributed by atoms with Crippen LogP contribution in [-0.4, -0.2) is 24.1 Å². The van der Waals surface area contributed by atoms with Gasteiger partial charge in [-0.3, -0.25) is 14.5 Å². The summed E-state index contributed by atoms with van der Waals surface area (Å²) >= 11 is 1.77. The number of ether oxygens (including phenoxy) is 1. The number of Topliss-reactive ketones (excluding diaryl/α,β-unsaturated/α-hetero) is 1. The van der Waals surface area contributed by atoms with Crippen LogP contribution in [0.4, 0.5) is 5.69 Å². The van der Waals surface area contributed by atoms with Crippen LogP contribution >= 0.6 is 11.8 Å². The number of anilines is 1. The summed E-state index contributed by atoms with van der Waals surface area (Å²) in [4.78, 5) is 28.0. The highest BCUT2D eigenvalue weighted by Gasteiger charge is 2.32. The number of fused-ring (bicyclic) bond motifs is 1. The van der Waals surface area contributed by atoms with Crippen LogP contribution in [0.5, 0.6) is 5.75 Å². The summed E-state index contributed by atoms with van der Waals surface area (Å²) in [5, 5.41) is 0. The fourth-order valence-corrected chi connectivity index (χ4v) is 4.74. The topological polar surface area (TPSA) is 46.6 Å². The molecule has 1 atom stereocenters. The summed E-state index contributed by atoms with van der Waals surface area (Å²) in [6, 6.07) is 25.0. The largest absolute Gasteiger partial charge is 0.484 e. The van der Waals surface area contributed by atoms with E-state index in [9.17, 15) is 9.59 Å². The molecular formula is C25H23NO3S. The molecule has 30 heavy (non-hydrogen) atoms. The van der Waals surface area contributed by atoms with Crippen LogP contribution < -0.4 is 9.64 Å². The van der Waals surface area contributed by atoms with Gasteiger partial charge in [-0.25, -0.2) is 0 Å². The van der Waals surface area contributed by atoms with E-state index >= 15 is 0 Å². The van der Waals surface area contributed by atoms with Gasteiger partial charge in [-0.05, 0) is 42.0 Å². The Morgan fingerprint density at radius 1 is 0.967 bits per heavy atom.